The van der Waals surface area contributed by atoms with Crippen molar-refractivity contribution >= 4 is 17.3 Å². The Kier molecular flexibility index (Phi) is 4.64. The van der Waals surface area contributed by atoms with Crippen molar-refractivity contribution in [1.82, 2.24) is 9.97 Å². The van der Waals surface area contributed by atoms with Gasteiger partial charge in [-0.05, 0) is 31.2 Å². The number of carbonyl (C=O) groups is 1. The number of ether oxygens (including phenoxy) is 1. The lowest BCUT2D eigenvalue weighted by molar-refractivity contribution is 0.0532. The Morgan fingerprint density at radius 3 is 2.83 bits per heavy atom. The molecule has 0 unspecified atom stereocenters. The Bertz CT molecular complexity index is 914. The minimum atomic E-state index is -0.414. The molecule has 2 aromatic heterocycles. The summed E-state index contributed by atoms with van der Waals surface area (Å²) >= 11 is 1.26. The minimum absolute atomic E-state index is 0.288. The molecule has 0 saturated heterocycles. The van der Waals surface area contributed by atoms with Crippen molar-refractivity contribution in [2.24, 2.45) is 0 Å². The van der Waals surface area contributed by atoms with Crippen molar-refractivity contribution in [3.8, 4) is 27.9 Å². The Morgan fingerprint density at radius 2 is 2.12 bits per heavy atom. The molecule has 0 amide bonds. The summed E-state index contributed by atoms with van der Waals surface area (Å²) in [6, 6.07) is 12.8. The van der Waals surface area contributed by atoms with Crippen molar-refractivity contribution in [2.75, 3.05) is 6.61 Å². The number of hydrogen-bond acceptors (Lipinski definition) is 6. The molecule has 5 nitrogen and oxygen atoms in total. The number of aromatic nitrogens is 2. The van der Waals surface area contributed by atoms with Crippen LogP contribution in [0.3, 0.4) is 0 Å². The van der Waals surface area contributed by atoms with Crippen LogP contribution in [-0.4, -0.2) is 22.5 Å². The van der Waals surface area contributed by atoms with Gasteiger partial charge in [-0.15, -0.1) is 11.3 Å². The first kappa shape index (κ1) is 15.8. The highest BCUT2D eigenvalue weighted by atomic mass is 32.1. The molecule has 0 atom stereocenters. The van der Waals surface area contributed by atoms with Crippen molar-refractivity contribution in [2.45, 2.75) is 6.92 Å². The van der Waals surface area contributed by atoms with Gasteiger partial charge in [-0.25, -0.2) is 9.78 Å². The van der Waals surface area contributed by atoms with Gasteiger partial charge in [0.15, 0.2) is 0 Å². The topological polar surface area (TPSA) is 75.9 Å². The van der Waals surface area contributed by atoms with Gasteiger partial charge in [-0.3, -0.25) is 4.98 Å². The van der Waals surface area contributed by atoms with Crippen molar-refractivity contribution in [3.05, 3.63) is 59.2 Å². The molecule has 3 rings (SSSR count). The standard InChI is InChI=1S/C18H13N3O2S/c1-2-23-18(22)16-15(13-6-3-5-12(9-13)10-19)21-17(24-16)14-7-4-8-20-11-14/h3-9,11H,2H2,1H3. The molecule has 3 aromatic rings. The van der Waals surface area contributed by atoms with E-state index in [1.165, 1.54) is 11.3 Å². The van der Waals surface area contributed by atoms with Crippen molar-refractivity contribution in [1.29, 1.82) is 5.26 Å². The normalized spacial score (nSPS) is 10.2. The maximum Gasteiger partial charge on any atom is 0.350 e. The Morgan fingerprint density at radius 1 is 1.29 bits per heavy atom. The molecule has 0 radical (unpaired) electrons. The van der Waals surface area contributed by atoms with Gasteiger partial charge in [0, 0.05) is 23.5 Å². The second-order valence-electron chi connectivity index (χ2n) is 4.85. The lowest BCUT2D eigenvalue weighted by Crippen LogP contribution is -2.04. The number of nitrogens with zero attached hydrogens (tertiary/aromatic N) is 3. The molecule has 2 heterocycles. The van der Waals surface area contributed by atoms with Crippen molar-refractivity contribution < 1.29 is 9.53 Å². The summed E-state index contributed by atoms with van der Waals surface area (Å²) in [5.41, 5.74) is 2.58. The molecule has 0 saturated carbocycles. The Balaban J connectivity index is 2.14. The predicted molar refractivity (Wildman–Crippen MR) is 91.5 cm³/mol. The average molecular weight is 335 g/mol. The second kappa shape index (κ2) is 7.02. The average Bonchev–Trinajstić information content (AvgIpc) is 3.08. The highest BCUT2D eigenvalue weighted by Crippen LogP contribution is 2.34. The largest absolute Gasteiger partial charge is 0.462 e. The third kappa shape index (κ3) is 3.16. The maximum absolute atomic E-state index is 12.3. The molecule has 0 spiro atoms. The van der Waals surface area contributed by atoms with Crippen LogP contribution in [0.5, 0.6) is 0 Å². The summed E-state index contributed by atoms with van der Waals surface area (Å²) < 4.78 is 5.15. The summed E-state index contributed by atoms with van der Waals surface area (Å²) in [5, 5.41) is 9.77. The van der Waals surface area contributed by atoms with Crippen LogP contribution in [0.15, 0.2) is 48.8 Å². The first-order valence-corrected chi connectivity index (χ1v) is 8.13. The van der Waals surface area contributed by atoms with Crippen LogP contribution in [0.25, 0.3) is 21.8 Å². The molecule has 0 bridgehead atoms. The SMILES string of the molecule is CCOC(=O)c1sc(-c2cccnc2)nc1-c1cccc(C#N)c1. The molecule has 6 heteroatoms. The zero-order chi connectivity index (χ0) is 16.9. The van der Waals surface area contributed by atoms with Crippen molar-refractivity contribution in [3.63, 3.8) is 0 Å². The van der Waals surface area contributed by atoms with E-state index in [2.05, 4.69) is 16.0 Å². The molecule has 1 aromatic carbocycles. The zero-order valence-electron chi connectivity index (χ0n) is 12.9. The smallest absolute Gasteiger partial charge is 0.350 e. The van der Waals surface area contributed by atoms with E-state index in [0.717, 1.165) is 5.56 Å². The van der Waals surface area contributed by atoms with E-state index in [-0.39, 0.29) is 6.61 Å². The van der Waals surface area contributed by atoms with Crippen LogP contribution >= 0.6 is 11.3 Å². The van der Waals surface area contributed by atoms with E-state index in [1.807, 2.05) is 18.2 Å². The summed E-state index contributed by atoms with van der Waals surface area (Å²) in [6.45, 7) is 2.05. The van der Waals surface area contributed by atoms with Crippen LogP contribution in [0.4, 0.5) is 0 Å². The van der Waals surface area contributed by atoms with Crippen LogP contribution < -0.4 is 0 Å². The first-order valence-electron chi connectivity index (χ1n) is 7.31. The molecule has 0 aliphatic heterocycles. The van der Waals surface area contributed by atoms with Gasteiger partial charge >= 0.3 is 5.97 Å². The van der Waals surface area contributed by atoms with Gasteiger partial charge in [0.05, 0.1) is 23.9 Å². The molecule has 24 heavy (non-hydrogen) atoms. The van der Waals surface area contributed by atoms with Gasteiger partial charge in [0.25, 0.3) is 0 Å². The quantitative estimate of drug-likeness (QED) is 0.675. The van der Waals surface area contributed by atoms with Crippen LogP contribution in [0, 0.1) is 11.3 Å². The van der Waals surface area contributed by atoms with Gasteiger partial charge in [0.1, 0.15) is 9.88 Å². The number of thiazole rings is 1. The molecule has 0 aliphatic carbocycles. The lowest BCUT2D eigenvalue weighted by atomic mass is 10.1. The lowest BCUT2D eigenvalue weighted by Gasteiger charge is -2.02. The molecule has 0 N–H and O–H groups in total. The molecule has 0 aliphatic rings. The number of benzene rings is 1. The highest BCUT2D eigenvalue weighted by molar-refractivity contribution is 7.17. The van der Waals surface area contributed by atoms with Gasteiger partial charge in [-0.2, -0.15) is 5.26 Å². The van der Waals surface area contributed by atoms with E-state index in [4.69, 9.17) is 10.00 Å². The fourth-order valence-electron chi connectivity index (χ4n) is 2.20. The van der Waals surface area contributed by atoms with Crippen LogP contribution in [0.2, 0.25) is 0 Å². The van der Waals surface area contributed by atoms with Gasteiger partial charge < -0.3 is 4.74 Å². The number of pyridine rings is 1. The summed E-state index contributed by atoms with van der Waals surface area (Å²) in [5.74, 6) is -0.414. The fourth-order valence-corrected chi connectivity index (χ4v) is 3.17. The number of rotatable bonds is 4. The Hall–Kier alpha value is -3.04. The van der Waals surface area contributed by atoms with E-state index < -0.39 is 5.97 Å². The highest BCUT2D eigenvalue weighted by Gasteiger charge is 2.21. The summed E-state index contributed by atoms with van der Waals surface area (Å²) in [7, 11) is 0. The number of hydrogen-bond donors (Lipinski definition) is 0. The molecular weight excluding hydrogens is 322 g/mol. The summed E-state index contributed by atoms with van der Waals surface area (Å²) in [6.07, 6.45) is 3.38. The van der Waals surface area contributed by atoms with E-state index in [1.54, 1.807) is 37.5 Å². The third-order valence-electron chi connectivity index (χ3n) is 3.26. The van der Waals surface area contributed by atoms with E-state index in [9.17, 15) is 4.79 Å². The summed E-state index contributed by atoms with van der Waals surface area (Å²) in [4.78, 5) is 21.4. The van der Waals surface area contributed by atoms with E-state index >= 15 is 0 Å². The maximum atomic E-state index is 12.3. The minimum Gasteiger partial charge on any atom is -0.462 e. The molecular formula is C18H13N3O2S. The predicted octanol–water partition coefficient (Wildman–Crippen LogP) is 3.92. The monoisotopic (exact) mass is 335 g/mol. The number of esters is 1. The van der Waals surface area contributed by atoms with Crippen LogP contribution in [0.1, 0.15) is 22.2 Å². The second-order valence-corrected chi connectivity index (χ2v) is 5.85. The third-order valence-corrected chi connectivity index (χ3v) is 4.35. The first-order chi connectivity index (χ1) is 11.7. The fraction of sp³-hybridized carbons (Fsp3) is 0.111. The Labute approximate surface area is 143 Å². The van der Waals surface area contributed by atoms with Gasteiger partial charge in [-0.1, -0.05) is 12.1 Å². The number of carbonyl (C=O) groups excluding carboxylic acids is 1. The van der Waals surface area contributed by atoms with Crippen LogP contribution in [-0.2, 0) is 4.74 Å². The number of nitriles is 1. The van der Waals surface area contributed by atoms with Gasteiger partial charge in [0.2, 0.25) is 0 Å². The zero-order valence-corrected chi connectivity index (χ0v) is 13.7. The van der Waals surface area contributed by atoms with E-state index in [0.29, 0.717) is 26.7 Å². The molecule has 118 valence electrons. The molecule has 0 fully saturated rings.